The molecule has 3 aromatic rings. The molecule has 0 aliphatic heterocycles. The normalized spacial score (nSPS) is 10.4. The smallest absolute Gasteiger partial charge is 0.230 e. The molecule has 7 nitrogen and oxygen atoms in total. The Balaban J connectivity index is 1.59. The van der Waals surface area contributed by atoms with Gasteiger partial charge in [-0.15, -0.1) is 10.2 Å². The molecule has 0 spiro atoms. The lowest BCUT2D eigenvalue weighted by Gasteiger charge is -2.10. The van der Waals surface area contributed by atoms with Gasteiger partial charge in [-0.3, -0.25) is 9.36 Å². The maximum Gasteiger partial charge on any atom is 0.230 e. The summed E-state index contributed by atoms with van der Waals surface area (Å²) in [6.07, 6.45) is 1.61. The van der Waals surface area contributed by atoms with Gasteiger partial charge in [0, 0.05) is 18.2 Å². The molecule has 8 heteroatoms. The Bertz CT molecular complexity index is 913. The standard InChI is InChI=1S/C19H20N4O3S/c1-25-16-8-5-7-15(10-16)23-13-21-22-19(23)27-12-18(24)20-11-14-6-3-4-9-17(14)26-2/h3-10,13H,11-12H2,1-2H3,(H,20,24). The van der Waals surface area contributed by atoms with E-state index in [4.69, 9.17) is 9.47 Å². The van der Waals surface area contributed by atoms with Crippen molar-refractivity contribution in [3.63, 3.8) is 0 Å². The van der Waals surface area contributed by atoms with Crippen molar-refractivity contribution in [1.29, 1.82) is 0 Å². The van der Waals surface area contributed by atoms with Crippen LogP contribution in [0.5, 0.6) is 11.5 Å². The molecule has 0 radical (unpaired) electrons. The molecule has 0 fully saturated rings. The zero-order valence-corrected chi connectivity index (χ0v) is 15.9. The molecule has 2 aromatic carbocycles. The highest BCUT2D eigenvalue weighted by Crippen LogP contribution is 2.22. The molecule has 1 aromatic heterocycles. The maximum atomic E-state index is 12.2. The van der Waals surface area contributed by atoms with Gasteiger partial charge in [0.15, 0.2) is 5.16 Å². The predicted molar refractivity (Wildman–Crippen MR) is 103 cm³/mol. The van der Waals surface area contributed by atoms with Crippen LogP contribution < -0.4 is 14.8 Å². The third kappa shape index (κ3) is 4.79. The third-order valence-electron chi connectivity index (χ3n) is 3.85. The minimum absolute atomic E-state index is 0.0916. The summed E-state index contributed by atoms with van der Waals surface area (Å²) in [5.74, 6) is 1.64. The lowest BCUT2D eigenvalue weighted by molar-refractivity contribution is -0.118. The van der Waals surface area contributed by atoms with Crippen molar-refractivity contribution in [2.75, 3.05) is 20.0 Å². The number of rotatable bonds is 8. The number of hydrogen-bond acceptors (Lipinski definition) is 6. The first-order valence-electron chi connectivity index (χ1n) is 8.27. The number of nitrogens with one attached hydrogen (secondary N) is 1. The summed E-state index contributed by atoms with van der Waals surface area (Å²) in [5, 5.41) is 11.6. The van der Waals surface area contributed by atoms with Gasteiger partial charge in [-0.2, -0.15) is 0 Å². The largest absolute Gasteiger partial charge is 0.497 e. The van der Waals surface area contributed by atoms with Crippen LogP contribution in [0.2, 0.25) is 0 Å². The lowest BCUT2D eigenvalue weighted by Crippen LogP contribution is -2.25. The SMILES string of the molecule is COc1cccc(-n2cnnc2SCC(=O)NCc2ccccc2OC)c1. The fourth-order valence-corrected chi connectivity index (χ4v) is 3.24. The highest BCUT2D eigenvalue weighted by molar-refractivity contribution is 7.99. The van der Waals surface area contributed by atoms with Gasteiger partial charge in [-0.1, -0.05) is 36.0 Å². The molecule has 0 aliphatic carbocycles. The fourth-order valence-electron chi connectivity index (χ4n) is 2.48. The minimum Gasteiger partial charge on any atom is -0.497 e. The Kier molecular flexibility index (Phi) is 6.32. The number of methoxy groups -OCH3 is 2. The molecule has 140 valence electrons. The van der Waals surface area contributed by atoms with E-state index >= 15 is 0 Å². The van der Waals surface area contributed by atoms with Gasteiger partial charge in [0.25, 0.3) is 0 Å². The minimum atomic E-state index is -0.0916. The molecule has 3 rings (SSSR count). The van der Waals surface area contributed by atoms with E-state index in [1.807, 2.05) is 53.1 Å². The van der Waals surface area contributed by atoms with Crippen LogP contribution in [0.3, 0.4) is 0 Å². The van der Waals surface area contributed by atoms with Crippen LogP contribution in [-0.2, 0) is 11.3 Å². The van der Waals surface area contributed by atoms with Crippen LogP contribution >= 0.6 is 11.8 Å². The van der Waals surface area contributed by atoms with Crippen LogP contribution in [-0.4, -0.2) is 40.6 Å². The van der Waals surface area contributed by atoms with Crippen molar-refractivity contribution in [2.45, 2.75) is 11.7 Å². The summed E-state index contributed by atoms with van der Waals surface area (Å²) in [5.41, 5.74) is 1.80. The van der Waals surface area contributed by atoms with E-state index in [0.717, 1.165) is 22.7 Å². The lowest BCUT2D eigenvalue weighted by atomic mass is 10.2. The number of ether oxygens (including phenoxy) is 2. The molecule has 1 N–H and O–H groups in total. The van der Waals surface area contributed by atoms with Crippen LogP contribution in [0.15, 0.2) is 60.0 Å². The molecule has 1 amide bonds. The second-order valence-electron chi connectivity index (χ2n) is 5.56. The first-order valence-corrected chi connectivity index (χ1v) is 9.25. The van der Waals surface area contributed by atoms with Crippen LogP contribution in [0.4, 0.5) is 0 Å². The van der Waals surface area contributed by atoms with E-state index in [1.165, 1.54) is 11.8 Å². The van der Waals surface area contributed by atoms with Gasteiger partial charge in [0.05, 0.1) is 25.7 Å². The van der Waals surface area contributed by atoms with Crippen LogP contribution in [0, 0.1) is 0 Å². The number of nitrogens with zero attached hydrogens (tertiary/aromatic N) is 3. The number of benzene rings is 2. The molecular weight excluding hydrogens is 364 g/mol. The molecule has 0 aliphatic rings. The first kappa shape index (κ1) is 18.8. The average Bonchev–Trinajstić information content (AvgIpc) is 3.19. The van der Waals surface area contributed by atoms with E-state index in [9.17, 15) is 4.79 Å². The Morgan fingerprint density at radius 1 is 1.15 bits per heavy atom. The Hall–Kier alpha value is -3.00. The summed E-state index contributed by atoms with van der Waals surface area (Å²) in [6, 6.07) is 15.2. The van der Waals surface area contributed by atoms with E-state index < -0.39 is 0 Å². The fraction of sp³-hybridized carbons (Fsp3) is 0.211. The third-order valence-corrected chi connectivity index (χ3v) is 4.79. The molecule has 27 heavy (non-hydrogen) atoms. The number of amides is 1. The van der Waals surface area contributed by atoms with Gasteiger partial charge in [-0.25, -0.2) is 0 Å². The monoisotopic (exact) mass is 384 g/mol. The second-order valence-corrected chi connectivity index (χ2v) is 6.50. The number of hydrogen-bond donors (Lipinski definition) is 1. The Labute approximate surface area is 161 Å². The van der Waals surface area contributed by atoms with E-state index in [1.54, 1.807) is 20.5 Å². The van der Waals surface area contributed by atoms with Crippen molar-refractivity contribution in [1.82, 2.24) is 20.1 Å². The summed E-state index contributed by atoms with van der Waals surface area (Å²) in [7, 11) is 3.23. The molecule has 1 heterocycles. The quantitative estimate of drug-likeness (QED) is 0.602. The average molecular weight is 384 g/mol. The zero-order chi connectivity index (χ0) is 19.1. The van der Waals surface area contributed by atoms with Crippen LogP contribution in [0.25, 0.3) is 5.69 Å². The Morgan fingerprint density at radius 3 is 2.81 bits per heavy atom. The van der Waals surface area contributed by atoms with E-state index in [0.29, 0.717) is 11.7 Å². The number of carbonyl (C=O) groups excluding carboxylic acids is 1. The number of para-hydroxylation sites is 1. The van der Waals surface area contributed by atoms with Crippen LogP contribution in [0.1, 0.15) is 5.56 Å². The summed E-state index contributed by atoms with van der Waals surface area (Å²) < 4.78 is 12.4. The van der Waals surface area contributed by atoms with Gasteiger partial charge in [0.1, 0.15) is 17.8 Å². The molecule has 0 bridgehead atoms. The number of aromatic nitrogens is 3. The molecule has 0 unspecified atom stereocenters. The number of carbonyl (C=O) groups is 1. The number of thioether (sulfide) groups is 1. The van der Waals surface area contributed by atoms with Crippen molar-refractivity contribution in [2.24, 2.45) is 0 Å². The summed E-state index contributed by atoms with van der Waals surface area (Å²) >= 11 is 1.32. The highest BCUT2D eigenvalue weighted by Gasteiger charge is 2.11. The maximum absolute atomic E-state index is 12.2. The molecule has 0 saturated carbocycles. The van der Waals surface area contributed by atoms with Crippen molar-refractivity contribution >= 4 is 17.7 Å². The van der Waals surface area contributed by atoms with E-state index in [-0.39, 0.29) is 11.7 Å². The second kappa shape index (κ2) is 9.09. The van der Waals surface area contributed by atoms with Crippen molar-refractivity contribution in [3.8, 4) is 17.2 Å². The van der Waals surface area contributed by atoms with Gasteiger partial charge in [0.2, 0.25) is 5.91 Å². The summed E-state index contributed by atoms with van der Waals surface area (Å²) in [4.78, 5) is 12.2. The van der Waals surface area contributed by atoms with E-state index in [2.05, 4.69) is 15.5 Å². The molecule has 0 saturated heterocycles. The van der Waals surface area contributed by atoms with Crippen molar-refractivity contribution < 1.29 is 14.3 Å². The first-order chi connectivity index (χ1) is 13.2. The topological polar surface area (TPSA) is 78.3 Å². The molecule has 0 atom stereocenters. The van der Waals surface area contributed by atoms with Gasteiger partial charge >= 0.3 is 0 Å². The Morgan fingerprint density at radius 2 is 2.00 bits per heavy atom. The summed E-state index contributed by atoms with van der Waals surface area (Å²) in [6.45, 7) is 0.409. The predicted octanol–water partition coefficient (Wildman–Crippen LogP) is 2.69. The van der Waals surface area contributed by atoms with Gasteiger partial charge in [-0.05, 0) is 18.2 Å². The van der Waals surface area contributed by atoms with Gasteiger partial charge < -0.3 is 14.8 Å². The molecular formula is C19H20N4O3S. The zero-order valence-electron chi connectivity index (χ0n) is 15.1. The van der Waals surface area contributed by atoms with Crippen molar-refractivity contribution in [3.05, 3.63) is 60.4 Å². The highest BCUT2D eigenvalue weighted by atomic mass is 32.2.